The first-order chi connectivity index (χ1) is 9.10. The molecule has 0 saturated heterocycles. The molecule has 0 aliphatic rings. The number of rotatable bonds is 4. The molecule has 2 aromatic rings. The van der Waals surface area contributed by atoms with Crippen LogP contribution in [0, 0.1) is 0 Å². The average Bonchev–Trinajstić information content (AvgIpc) is 2.87. The summed E-state index contributed by atoms with van der Waals surface area (Å²) < 4.78 is 5.59. The largest absolute Gasteiger partial charge is 0.457 e. The Labute approximate surface area is 120 Å². The van der Waals surface area contributed by atoms with Crippen molar-refractivity contribution in [2.75, 3.05) is 0 Å². The molecule has 4 N–H and O–H groups in total. The zero-order chi connectivity index (χ0) is 13.8. The van der Waals surface area contributed by atoms with E-state index in [-0.39, 0.29) is 4.91 Å². The van der Waals surface area contributed by atoms with Gasteiger partial charge in [-0.2, -0.15) is 0 Å². The predicted octanol–water partition coefficient (Wildman–Crippen LogP) is 2.67. The molecule has 0 bridgehead atoms. The summed E-state index contributed by atoms with van der Waals surface area (Å²) in [6, 6.07) is 11.2. The van der Waals surface area contributed by atoms with Crippen LogP contribution in [0.1, 0.15) is 5.76 Å². The van der Waals surface area contributed by atoms with Crippen LogP contribution in [0.3, 0.4) is 0 Å². The maximum Gasteiger partial charge on any atom is 0.254 e. The molecule has 0 saturated carbocycles. The van der Waals surface area contributed by atoms with E-state index in [1.165, 1.54) is 18.0 Å². The van der Waals surface area contributed by atoms with Crippen molar-refractivity contribution in [2.45, 2.75) is 4.90 Å². The van der Waals surface area contributed by atoms with E-state index in [1.807, 2.05) is 30.3 Å². The summed E-state index contributed by atoms with van der Waals surface area (Å²) in [5.41, 5.74) is 6.02. The van der Waals surface area contributed by atoms with E-state index in [0.717, 1.165) is 10.5 Å². The molecule has 0 atom stereocenters. The van der Waals surface area contributed by atoms with Crippen LogP contribution in [0.4, 0.5) is 0 Å². The molecule has 6 heteroatoms. The van der Waals surface area contributed by atoms with Crippen molar-refractivity contribution in [1.82, 2.24) is 0 Å². The summed E-state index contributed by atoms with van der Waals surface area (Å²) in [5.74, 6) is 0.632. The van der Waals surface area contributed by atoms with Crippen LogP contribution in [0.5, 0.6) is 0 Å². The van der Waals surface area contributed by atoms with Gasteiger partial charge >= 0.3 is 0 Å². The Morgan fingerprint density at radius 1 is 1.21 bits per heavy atom. The van der Waals surface area contributed by atoms with Gasteiger partial charge in [0.1, 0.15) is 11.5 Å². The molecule has 19 heavy (non-hydrogen) atoms. The highest BCUT2D eigenvalue weighted by atomic mass is 32.2. The minimum Gasteiger partial charge on any atom is -0.457 e. The molecule has 4 nitrogen and oxygen atoms in total. The standard InChI is InChI=1S/C13H12N2O2S2/c14-13(16)12(18)7-9-3-6-11(17-9)8-1-4-10(19-15)5-2-8/h1-7,18H,15H2,(H2,14,16)/b12-7-. The molecular formula is C13H12N2O2S2. The topological polar surface area (TPSA) is 82.2 Å². The summed E-state index contributed by atoms with van der Waals surface area (Å²) >= 11 is 5.16. The smallest absolute Gasteiger partial charge is 0.254 e. The van der Waals surface area contributed by atoms with E-state index >= 15 is 0 Å². The molecule has 98 valence electrons. The fourth-order valence-corrected chi connectivity index (χ4v) is 1.91. The minimum atomic E-state index is -0.592. The molecule has 0 fully saturated rings. The number of benzene rings is 1. The molecule has 2 rings (SSSR count). The highest BCUT2D eigenvalue weighted by molar-refractivity contribution is 7.97. The third-order valence-corrected chi connectivity index (χ3v) is 3.33. The van der Waals surface area contributed by atoms with Gasteiger partial charge in [0.25, 0.3) is 5.91 Å². The van der Waals surface area contributed by atoms with Gasteiger partial charge in [0, 0.05) is 10.5 Å². The molecule has 0 aliphatic carbocycles. The second-order valence-electron chi connectivity index (χ2n) is 3.74. The lowest BCUT2D eigenvalue weighted by Gasteiger charge is -1.98. The van der Waals surface area contributed by atoms with E-state index in [4.69, 9.17) is 15.3 Å². The van der Waals surface area contributed by atoms with Gasteiger partial charge < -0.3 is 10.2 Å². The lowest BCUT2D eigenvalue weighted by Crippen LogP contribution is -2.09. The fraction of sp³-hybridized carbons (Fsp3) is 0. The van der Waals surface area contributed by atoms with Crippen molar-refractivity contribution in [3.63, 3.8) is 0 Å². The third kappa shape index (κ3) is 3.44. The molecule has 0 unspecified atom stereocenters. The number of primary amides is 1. The van der Waals surface area contributed by atoms with Crippen LogP contribution in [0.25, 0.3) is 17.4 Å². The highest BCUT2D eigenvalue weighted by Gasteiger charge is 2.05. The second kappa shape index (κ2) is 6.01. The predicted molar refractivity (Wildman–Crippen MR) is 80.3 cm³/mol. The number of hydrogen-bond donors (Lipinski definition) is 3. The summed E-state index contributed by atoms with van der Waals surface area (Å²) in [5, 5.41) is 5.46. The first-order valence-electron chi connectivity index (χ1n) is 5.37. The number of thiol groups is 1. The maximum absolute atomic E-state index is 10.9. The van der Waals surface area contributed by atoms with Gasteiger partial charge in [-0.05, 0) is 42.3 Å². The Morgan fingerprint density at radius 2 is 1.89 bits per heavy atom. The maximum atomic E-state index is 10.9. The van der Waals surface area contributed by atoms with Gasteiger partial charge in [0.2, 0.25) is 0 Å². The zero-order valence-corrected chi connectivity index (χ0v) is 11.6. The third-order valence-electron chi connectivity index (χ3n) is 2.43. The average molecular weight is 292 g/mol. The van der Waals surface area contributed by atoms with Crippen molar-refractivity contribution in [2.24, 2.45) is 10.9 Å². The van der Waals surface area contributed by atoms with Crippen LogP contribution in [-0.4, -0.2) is 5.91 Å². The SMILES string of the molecule is NSc1ccc(-c2ccc(/C=C(\S)C(N)=O)o2)cc1. The monoisotopic (exact) mass is 292 g/mol. The highest BCUT2D eigenvalue weighted by Crippen LogP contribution is 2.25. The molecule has 1 aromatic heterocycles. The summed E-state index contributed by atoms with van der Waals surface area (Å²) in [7, 11) is 0. The van der Waals surface area contributed by atoms with Crippen molar-refractivity contribution in [3.05, 3.63) is 47.1 Å². The quantitative estimate of drug-likeness (QED) is 0.459. The lowest BCUT2D eigenvalue weighted by atomic mass is 10.2. The van der Waals surface area contributed by atoms with Crippen LogP contribution < -0.4 is 10.9 Å². The number of amides is 1. The van der Waals surface area contributed by atoms with E-state index in [0.29, 0.717) is 11.5 Å². The first-order valence-corrected chi connectivity index (χ1v) is 6.70. The Hall–Kier alpha value is -1.63. The minimum absolute atomic E-state index is 0.149. The molecule has 1 amide bonds. The zero-order valence-electron chi connectivity index (χ0n) is 9.87. The second-order valence-corrected chi connectivity index (χ2v) is 4.93. The number of carbonyl (C=O) groups excluding carboxylic acids is 1. The molecule has 1 aromatic carbocycles. The number of carbonyl (C=O) groups is 1. The van der Waals surface area contributed by atoms with Crippen LogP contribution in [0.15, 0.2) is 50.6 Å². The van der Waals surface area contributed by atoms with Gasteiger partial charge in [-0.25, -0.2) is 0 Å². The van der Waals surface area contributed by atoms with Gasteiger partial charge in [0.05, 0.1) is 4.91 Å². The summed E-state index contributed by atoms with van der Waals surface area (Å²) in [6.07, 6.45) is 1.49. The molecule has 0 radical (unpaired) electrons. The summed E-state index contributed by atoms with van der Waals surface area (Å²) in [4.78, 5) is 12.0. The van der Waals surface area contributed by atoms with Gasteiger partial charge in [-0.15, -0.1) is 12.6 Å². The Kier molecular flexibility index (Phi) is 4.36. The van der Waals surface area contributed by atoms with E-state index < -0.39 is 5.91 Å². The lowest BCUT2D eigenvalue weighted by molar-refractivity contribution is -0.113. The van der Waals surface area contributed by atoms with E-state index in [9.17, 15) is 4.79 Å². The van der Waals surface area contributed by atoms with E-state index in [2.05, 4.69) is 12.6 Å². The van der Waals surface area contributed by atoms with Crippen molar-refractivity contribution < 1.29 is 9.21 Å². The molecule has 0 spiro atoms. The van der Waals surface area contributed by atoms with Crippen LogP contribution in [0.2, 0.25) is 0 Å². The van der Waals surface area contributed by atoms with Gasteiger partial charge in [0.15, 0.2) is 0 Å². The first kappa shape index (κ1) is 13.8. The number of hydrogen-bond acceptors (Lipinski definition) is 5. The molecule has 1 heterocycles. The Balaban J connectivity index is 2.25. The van der Waals surface area contributed by atoms with Gasteiger partial charge in [-0.1, -0.05) is 12.1 Å². The fourth-order valence-electron chi connectivity index (χ4n) is 1.49. The Morgan fingerprint density at radius 3 is 2.47 bits per heavy atom. The van der Waals surface area contributed by atoms with Crippen molar-refractivity contribution in [3.8, 4) is 11.3 Å². The summed E-state index contributed by atoms with van der Waals surface area (Å²) in [6.45, 7) is 0. The van der Waals surface area contributed by atoms with Crippen LogP contribution >= 0.6 is 24.6 Å². The van der Waals surface area contributed by atoms with Crippen LogP contribution in [-0.2, 0) is 4.79 Å². The normalized spacial score (nSPS) is 11.6. The molecule has 0 aliphatic heterocycles. The Bertz CT molecular complexity index is 618. The van der Waals surface area contributed by atoms with Crippen molar-refractivity contribution in [1.29, 1.82) is 0 Å². The number of furan rings is 1. The van der Waals surface area contributed by atoms with Crippen molar-refractivity contribution >= 4 is 36.6 Å². The number of nitrogens with two attached hydrogens (primary N) is 2. The molecular weight excluding hydrogens is 280 g/mol. The van der Waals surface area contributed by atoms with E-state index in [1.54, 1.807) is 6.07 Å². The van der Waals surface area contributed by atoms with Gasteiger partial charge in [-0.3, -0.25) is 9.93 Å².